The first-order valence-electron chi connectivity index (χ1n) is 10.9. The predicted octanol–water partition coefficient (Wildman–Crippen LogP) is 4.93. The molecule has 0 heterocycles. The Hall–Kier alpha value is -2.86. The highest BCUT2D eigenvalue weighted by Crippen LogP contribution is 2.20. The lowest BCUT2D eigenvalue weighted by atomic mass is 10.0. The molecule has 2 aromatic rings. The smallest absolute Gasteiger partial charge is 0.410 e. The SMILES string of the molecule is CC(C)Cc1ccc(CC(=O)Oc2ccc(C(O)CN(C)C(=O)OC(C)(C)C)cc2)cc1. The number of rotatable bonds is 8. The zero-order chi connectivity index (χ0) is 23.9. The lowest BCUT2D eigenvalue weighted by Crippen LogP contribution is -2.36. The number of ether oxygens (including phenoxy) is 2. The summed E-state index contributed by atoms with van der Waals surface area (Å²) < 4.78 is 10.7. The van der Waals surface area contributed by atoms with Gasteiger partial charge in [-0.2, -0.15) is 0 Å². The van der Waals surface area contributed by atoms with Crippen LogP contribution in [0, 0.1) is 5.92 Å². The van der Waals surface area contributed by atoms with Crippen molar-refractivity contribution in [3.63, 3.8) is 0 Å². The van der Waals surface area contributed by atoms with Gasteiger partial charge in [-0.3, -0.25) is 4.79 Å². The molecule has 0 saturated heterocycles. The maximum atomic E-state index is 12.3. The molecule has 174 valence electrons. The number of hydrogen-bond donors (Lipinski definition) is 1. The van der Waals surface area contributed by atoms with Crippen LogP contribution in [-0.4, -0.2) is 41.3 Å². The minimum Gasteiger partial charge on any atom is -0.444 e. The van der Waals surface area contributed by atoms with E-state index < -0.39 is 17.8 Å². The summed E-state index contributed by atoms with van der Waals surface area (Å²) >= 11 is 0. The summed E-state index contributed by atoms with van der Waals surface area (Å²) in [5.74, 6) is 0.646. The number of aliphatic hydroxyl groups is 1. The Kier molecular flexibility index (Phi) is 8.84. The van der Waals surface area contributed by atoms with Gasteiger partial charge in [0, 0.05) is 7.05 Å². The van der Waals surface area contributed by atoms with Crippen LogP contribution in [0.25, 0.3) is 0 Å². The topological polar surface area (TPSA) is 76.1 Å². The zero-order valence-corrected chi connectivity index (χ0v) is 19.9. The summed E-state index contributed by atoms with van der Waals surface area (Å²) in [5, 5.41) is 10.4. The molecule has 0 aliphatic carbocycles. The summed E-state index contributed by atoms with van der Waals surface area (Å²) in [6.45, 7) is 9.80. The molecule has 6 heteroatoms. The zero-order valence-electron chi connectivity index (χ0n) is 19.9. The first-order valence-corrected chi connectivity index (χ1v) is 10.9. The van der Waals surface area contributed by atoms with E-state index in [9.17, 15) is 14.7 Å². The van der Waals surface area contributed by atoms with Crippen LogP contribution in [0.3, 0.4) is 0 Å². The van der Waals surface area contributed by atoms with Gasteiger partial charge in [0.05, 0.1) is 19.1 Å². The van der Waals surface area contributed by atoms with Crippen LogP contribution >= 0.6 is 0 Å². The Morgan fingerprint density at radius 1 is 0.969 bits per heavy atom. The standard InChI is InChI=1S/C26H35NO5/c1-18(2)15-19-7-9-20(10-8-19)16-24(29)31-22-13-11-21(12-14-22)23(28)17-27(6)25(30)32-26(3,4)5/h7-14,18,23,28H,15-17H2,1-6H3. The molecule has 32 heavy (non-hydrogen) atoms. The van der Waals surface area contributed by atoms with Crippen molar-refractivity contribution >= 4 is 12.1 Å². The molecule has 1 atom stereocenters. The summed E-state index contributed by atoms with van der Waals surface area (Å²) in [6.07, 6.45) is -0.190. The van der Waals surface area contributed by atoms with Crippen molar-refractivity contribution in [1.82, 2.24) is 4.90 Å². The molecule has 1 N–H and O–H groups in total. The molecule has 0 spiro atoms. The molecule has 0 aliphatic heterocycles. The molecule has 2 rings (SSSR count). The van der Waals surface area contributed by atoms with Crippen LogP contribution in [0.2, 0.25) is 0 Å². The van der Waals surface area contributed by atoms with E-state index in [0.717, 1.165) is 12.0 Å². The van der Waals surface area contributed by atoms with Crippen molar-refractivity contribution < 1.29 is 24.2 Å². The molecule has 0 aromatic heterocycles. The second kappa shape index (κ2) is 11.1. The molecule has 0 fully saturated rings. The number of likely N-dealkylation sites (N-methyl/N-ethyl adjacent to an activating group) is 1. The lowest BCUT2D eigenvalue weighted by Gasteiger charge is -2.26. The molecule has 0 aliphatic rings. The third kappa shape index (κ3) is 8.71. The average molecular weight is 442 g/mol. The Morgan fingerprint density at radius 2 is 1.53 bits per heavy atom. The van der Waals surface area contributed by atoms with E-state index in [0.29, 0.717) is 17.2 Å². The van der Waals surface area contributed by atoms with Gasteiger partial charge in [-0.25, -0.2) is 4.79 Å². The fraction of sp³-hybridized carbons (Fsp3) is 0.462. The van der Waals surface area contributed by atoms with Gasteiger partial charge in [0.2, 0.25) is 0 Å². The Labute approximate surface area is 191 Å². The monoisotopic (exact) mass is 441 g/mol. The number of carbonyl (C=O) groups is 2. The fourth-order valence-electron chi connectivity index (χ4n) is 3.14. The Bertz CT molecular complexity index is 882. The number of benzene rings is 2. The lowest BCUT2D eigenvalue weighted by molar-refractivity contribution is -0.133. The number of carbonyl (C=O) groups excluding carboxylic acids is 2. The average Bonchev–Trinajstić information content (AvgIpc) is 2.68. The molecule has 2 aromatic carbocycles. The van der Waals surface area contributed by atoms with E-state index in [-0.39, 0.29) is 18.9 Å². The number of hydrogen-bond acceptors (Lipinski definition) is 5. The van der Waals surface area contributed by atoms with E-state index in [2.05, 4.69) is 13.8 Å². The van der Waals surface area contributed by atoms with Crippen LogP contribution in [0.15, 0.2) is 48.5 Å². The molecule has 0 bridgehead atoms. The molecule has 0 radical (unpaired) electrons. The second-order valence-electron chi connectivity index (χ2n) is 9.51. The fourth-order valence-corrected chi connectivity index (χ4v) is 3.14. The summed E-state index contributed by atoms with van der Waals surface area (Å²) in [5.41, 5.74) is 2.17. The Morgan fingerprint density at radius 3 is 2.06 bits per heavy atom. The number of amides is 1. The third-order valence-electron chi connectivity index (χ3n) is 4.66. The molecular weight excluding hydrogens is 406 g/mol. The minimum absolute atomic E-state index is 0.0842. The van der Waals surface area contributed by atoms with Crippen LogP contribution in [0.1, 0.15) is 57.4 Å². The summed E-state index contributed by atoms with van der Waals surface area (Å²) in [6, 6.07) is 14.6. The van der Waals surface area contributed by atoms with Crippen LogP contribution < -0.4 is 4.74 Å². The van der Waals surface area contributed by atoms with Crippen molar-refractivity contribution in [2.75, 3.05) is 13.6 Å². The van der Waals surface area contributed by atoms with Crippen LogP contribution in [-0.2, 0) is 22.4 Å². The number of esters is 1. The largest absolute Gasteiger partial charge is 0.444 e. The van der Waals surface area contributed by atoms with Gasteiger partial charge in [0.15, 0.2) is 0 Å². The van der Waals surface area contributed by atoms with Crippen molar-refractivity contribution in [2.24, 2.45) is 5.92 Å². The highest BCUT2D eigenvalue weighted by molar-refractivity contribution is 5.75. The highest BCUT2D eigenvalue weighted by atomic mass is 16.6. The highest BCUT2D eigenvalue weighted by Gasteiger charge is 2.22. The molecular formula is C26H35NO5. The van der Waals surface area contributed by atoms with Crippen molar-refractivity contribution in [3.8, 4) is 5.75 Å². The quantitative estimate of drug-likeness (QED) is 0.464. The van der Waals surface area contributed by atoms with E-state index in [1.807, 2.05) is 24.3 Å². The van der Waals surface area contributed by atoms with Gasteiger partial charge >= 0.3 is 12.1 Å². The first kappa shape index (κ1) is 25.4. The van der Waals surface area contributed by atoms with Gasteiger partial charge in [0.1, 0.15) is 11.4 Å². The van der Waals surface area contributed by atoms with Gasteiger partial charge < -0.3 is 19.5 Å². The molecule has 1 amide bonds. The molecule has 0 saturated carbocycles. The minimum atomic E-state index is -0.887. The summed E-state index contributed by atoms with van der Waals surface area (Å²) in [7, 11) is 1.57. The number of nitrogens with zero attached hydrogens (tertiary/aromatic N) is 1. The molecule has 1 unspecified atom stereocenters. The van der Waals surface area contributed by atoms with Crippen LogP contribution in [0.4, 0.5) is 4.79 Å². The third-order valence-corrected chi connectivity index (χ3v) is 4.66. The maximum absolute atomic E-state index is 12.3. The van der Waals surface area contributed by atoms with Crippen molar-refractivity contribution in [1.29, 1.82) is 0 Å². The van der Waals surface area contributed by atoms with Gasteiger partial charge in [-0.15, -0.1) is 0 Å². The normalized spacial score (nSPS) is 12.4. The summed E-state index contributed by atoms with van der Waals surface area (Å²) in [4.78, 5) is 25.6. The van der Waals surface area contributed by atoms with E-state index in [4.69, 9.17) is 9.47 Å². The predicted molar refractivity (Wildman–Crippen MR) is 125 cm³/mol. The van der Waals surface area contributed by atoms with Crippen LogP contribution in [0.5, 0.6) is 5.75 Å². The van der Waals surface area contributed by atoms with Gasteiger partial charge in [-0.05, 0) is 61.9 Å². The second-order valence-corrected chi connectivity index (χ2v) is 9.51. The van der Waals surface area contributed by atoms with E-state index in [1.165, 1.54) is 10.5 Å². The maximum Gasteiger partial charge on any atom is 0.410 e. The van der Waals surface area contributed by atoms with Crippen molar-refractivity contribution in [3.05, 3.63) is 65.2 Å². The van der Waals surface area contributed by atoms with Crippen molar-refractivity contribution in [2.45, 2.75) is 59.2 Å². The van der Waals surface area contributed by atoms with Gasteiger partial charge in [0.25, 0.3) is 0 Å². The first-order chi connectivity index (χ1) is 14.9. The number of aliphatic hydroxyl groups excluding tert-OH is 1. The Balaban J connectivity index is 1.87. The van der Waals surface area contributed by atoms with E-state index in [1.54, 1.807) is 52.1 Å². The van der Waals surface area contributed by atoms with Gasteiger partial charge in [-0.1, -0.05) is 50.2 Å². The molecule has 6 nitrogen and oxygen atoms in total. The van der Waals surface area contributed by atoms with E-state index >= 15 is 0 Å².